The molecule has 3 aromatic rings. The molecule has 0 aliphatic heterocycles. The van der Waals surface area contributed by atoms with E-state index >= 15 is 0 Å². The Labute approximate surface area is 169 Å². The van der Waals surface area contributed by atoms with Crippen molar-refractivity contribution in [3.8, 4) is 5.75 Å². The van der Waals surface area contributed by atoms with Crippen LogP contribution >= 0.6 is 0 Å². The van der Waals surface area contributed by atoms with Crippen molar-refractivity contribution in [3.63, 3.8) is 0 Å². The number of benzene rings is 2. The molecule has 0 aliphatic rings. The minimum Gasteiger partial charge on any atom is -0.495 e. The van der Waals surface area contributed by atoms with E-state index in [0.717, 1.165) is 22.4 Å². The molecule has 0 saturated heterocycles. The number of aryl methyl sites for hydroxylation is 3. The van der Waals surface area contributed by atoms with Crippen LogP contribution in [-0.2, 0) is 0 Å². The highest BCUT2D eigenvalue weighted by atomic mass is 16.5. The average Bonchev–Trinajstić information content (AvgIpc) is 2.71. The van der Waals surface area contributed by atoms with E-state index in [1.165, 1.54) is 7.11 Å². The first-order valence-corrected chi connectivity index (χ1v) is 9.19. The van der Waals surface area contributed by atoms with Crippen molar-refractivity contribution in [2.75, 3.05) is 17.7 Å². The summed E-state index contributed by atoms with van der Waals surface area (Å²) in [6.07, 6.45) is 0. The Morgan fingerprint density at radius 2 is 1.41 bits per heavy atom. The van der Waals surface area contributed by atoms with Crippen molar-refractivity contribution >= 4 is 23.2 Å². The summed E-state index contributed by atoms with van der Waals surface area (Å²) in [6.45, 7) is 5.77. The number of hydrogen-bond acceptors (Lipinski definition) is 4. The van der Waals surface area contributed by atoms with Crippen LogP contribution in [0.1, 0.15) is 37.7 Å². The van der Waals surface area contributed by atoms with Gasteiger partial charge in [0.05, 0.1) is 12.8 Å². The van der Waals surface area contributed by atoms with Gasteiger partial charge in [-0.25, -0.2) is 4.98 Å². The Hall–Kier alpha value is -3.67. The van der Waals surface area contributed by atoms with Gasteiger partial charge < -0.3 is 15.4 Å². The number of methoxy groups -OCH3 is 1. The fourth-order valence-corrected chi connectivity index (χ4v) is 2.98. The molecule has 2 aromatic carbocycles. The first kappa shape index (κ1) is 20.1. The molecular formula is C23H23N3O3. The fourth-order valence-electron chi connectivity index (χ4n) is 2.98. The maximum Gasteiger partial charge on any atom is 0.274 e. The van der Waals surface area contributed by atoms with Gasteiger partial charge in [0, 0.05) is 5.69 Å². The van der Waals surface area contributed by atoms with E-state index in [2.05, 4.69) is 15.6 Å². The van der Waals surface area contributed by atoms with E-state index in [4.69, 9.17) is 4.74 Å². The van der Waals surface area contributed by atoms with Gasteiger partial charge in [-0.2, -0.15) is 0 Å². The van der Waals surface area contributed by atoms with E-state index in [0.29, 0.717) is 11.4 Å². The van der Waals surface area contributed by atoms with Crippen molar-refractivity contribution in [2.24, 2.45) is 0 Å². The summed E-state index contributed by atoms with van der Waals surface area (Å²) in [5.74, 6) is -0.242. The molecule has 29 heavy (non-hydrogen) atoms. The number of amides is 2. The highest BCUT2D eigenvalue weighted by Crippen LogP contribution is 2.25. The van der Waals surface area contributed by atoms with Gasteiger partial charge in [-0.3, -0.25) is 9.59 Å². The van der Waals surface area contributed by atoms with Crippen molar-refractivity contribution < 1.29 is 14.3 Å². The van der Waals surface area contributed by atoms with Gasteiger partial charge in [-0.05, 0) is 61.7 Å². The topological polar surface area (TPSA) is 80.3 Å². The van der Waals surface area contributed by atoms with Gasteiger partial charge in [0.15, 0.2) is 0 Å². The molecule has 0 saturated carbocycles. The second-order valence-corrected chi connectivity index (χ2v) is 6.79. The molecule has 1 heterocycles. The van der Waals surface area contributed by atoms with Crippen molar-refractivity contribution in [1.29, 1.82) is 0 Å². The van der Waals surface area contributed by atoms with Crippen molar-refractivity contribution in [2.45, 2.75) is 20.8 Å². The predicted molar refractivity (Wildman–Crippen MR) is 114 cm³/mol. The smallest absolute Gasteiger partial charge is 0.274 e. The second-order valence-electron chi connectivity index (χ2n) is 6.79. The van der Waals surface area contributed by atoms with Crippen LogP contribution in [0.3, 0.4) is 0 Å². The number of nitrogens with zero attached hydrogens (tertiary/aromatic N) is 1. The van der Waals surface area contributed by atoms with Crippen LogP contribution in [0.15, 0.2) is 54.6 Å². The standard InChI is InChI=1S/C23H23N3O3/c1-14-11-12-20(29-4)19(13-14)25-22(27)17-9-6-10-18(24-17)23(28)26-21-15(2)7-5-8-16(21)3/h5-13H,1-4H3,(H,25,27)(H,26,28). The van der Waals surface area contributed by atoms with Crippen molar-refractivity contribution in [3.05, 3.63) is 82.7 Å². The third-order valence-corrected chi connectivity index (χ3v) is 4.54. The molecule has 148 valence electrons. The summed E-state index contributed by atoms with van der Waals surface area (Å²) in [5, 5.41) is 5.68. The number of anilines is 2. The van der Waals surface area contributed by atoms with E-state index < -0.39 is 5.91 Å². The lowest BCUT2D eigenvalue weighted by Gasteiger charge is -2.12. The van der Waals surface area contributed by atoms with Gasteiger partial charge in [-0.1, -0.05) is 30.3 Å². The summed E-state index contributed by atoms with van der Waals surface area (Å²) >= 11 is 0. The molecular weight excluding hydrogens is 366 g/mol. The molecule has 0 fully saturated rings. The number of carbonyl (C=O) groups is 2. The summed E-state index contributed by atoms with van der Waals surface area (Å²) < 4.78 is 5.29. The first-order chi connectivity index (χ1) is 13.9. The molecule has 6 heteroatoms. The molecule has 0 bridgehead atoms. The lowest BCUT2D eigenvalue weighted by molar-refractivity contribution is 0.101. The number of rotatable bonds is 5. The van der Waals surface area contributed by atoms with E-state index in [9.17, 15) is 9.59 Å². The van der Waals surface area contributed by atoms with Crippen LogP contribution < -0.4 is 15.4 Å². The van der Waals surface area contributed by atoms with Gasteiger partial charge >= 0.3 is 0 Å². The van der Waals surface area contributed by atoms with Gasteiger partial charge in [0.25, 0.3) is 11.8 Å². The minimum absolute atomic E-state index is 0.141. The lowest BCUT2D eigenvalue weighted by atomic mass is 10.1. The average molecular weight is 389 g/mol. The third-order valence-electron chi connectivity index (χ3n) is 4.54. The molecule has 2 N–H and O–H groups in total. The SMILES string of the molecule is COc1ccc(C)cc1NC(=O)c1cccc(C(=O)Nc2c(C)cccc2C)n1. The molecule has 2 amide bonds. The Morgan fingerprint density at radius 3 is 2.03 bits per heavy atom. The molecule has 3 rings (SSSR count). The normalized spacial score (nSPS) is 10.3. The molecule has 0 aliphatic carbocycles. The predicted octanol–water partition coefficient (Wildman–Crippen LogP) is 4.52. The zero-order valence-corrected chi connectivity index (χ0v) is 16.9. The van der Waals surface area contributed by atoms with E-state index in [1.54, 1.807) is 24.3 Å². The number of ether oxygens (including phenoxy) is 1. The molecule has 0 spiro atoms. The van der Waals surface area contributed by atoms with Crippen molar-refractivity contribution in [1.82, 2.24) is 4.98 Å². The molecule has 1 aromatic heterocycles. The van der Waals surface area contributed by atoms with Gasteiger partial charge in [0.2, 0.25) is 0 Å². The number of carbonyl (C=O) groups excluding carboxylic acids is 2. The Kier molecular flexibility index (Phi) is 5.93. The number of pyridine rings is 1. The minimum atomic E-state index is -0.421. The number of nitrogens with one attached hydrogen (secondary N) is 2. The number of hydrogen-bond donors (Lipinski definition) is 2. The Balaban J connectivity index is 1.81. The van der Waals surface area contributed by atoms with Crippen LogP contribution in [-0.4, -0.2) is 23.9 Å². The highest BCUT2D eigenvalue weighted by Gasteiger charge is 2.15. The van der Waals surface area contributed by atoms with Gasteiger partial charge in [0.1, 0.15) is 17.1 Å². The Morgan fingerprint density at radius 1 is 0.828 bits per heavy atom. The first-order valence-electron chi connectivity index (χ1n) is 9.19. The highest BCUT2D eigenvalue weighted by molar-refractivity contribution is 6.07. The molecule has 6 nitrogen and oxygen atoms in total. The molecule has 0 unspecified atom stereocenters. The summed E-state index contributed by atoms with van der Waals surface area (Å²) in [6, 6.07) is 16.1. The fraction of sp³-hybridized carbons (Fsp3) is 0.174. The monoisotopic (exact) mass is 389 g/mol. The van der Waals surface area contributed by atoms with Crippen LogP contribution in [0.4, 0.5) is 11.4 Å². The second kappa shape index (κ2) is 8.56. The van der Waals surface area contributed by atoms with Gasteiger partial charge in [-0.15, -0.1) is 0 Å². The lowest BCUT2D eigenvalue weighted by Crippen LogP contribution is -2.19. The zero-order valence-electron chi connectivity index (χ0n) is 16.9. The maximum absolute atomic E-state index is 12.7. The molecule has 0 atom stereocenters. The zero-order chi connectivity index (χ0) is 21.0. The number of para-hydroxylation sites is 1. The third kappa shape index (κ3) is 4.60. The summed E-state index contributed by atoms with van der Waals surface area (Å²) in [5.41, 5.74) is 4.50. The maximum atomic E-state index is 12.7. The molecule has 0 radical (unpaired) electrons. The van der Waals surface area contributed by atoms with Crippen LogP contribution in [0, 0.1) is 20.8 Å². The quantitative estimate of drug-likeness (QED) is 0.672. The van der Waals surface area contributed by atoms with Crippen LogP contribution in [0.25, 0.3) is 0 Å². The van der Waals surface area contributed by atoms with E-state index in [1.807, 2.05) is 51.1 Å². The summed E-state index contributed by atoms with van der Waals surface area (Å²) in [4.78, 5) is 29.6. The largest absolute Gasteiger partial charge is 0.495 e. The van der Waals surface area contributed by atoms with Crippen LogP contribution in [0.2, 0.25) is 0 Å². The number of aromatic nitrogens is 1. The summed E-state index contributed by atoms with van der Waals surface area (Å²) in [7, 11) is 1.54. The van der Waals surface area contributed by atoms with E-state index in [-0.39, 0.29) is 17.3 Å². The Bertz CT molecular complexity index is 1060. The van der Waals surface area contributed by atoms with Crippen LogP contribution in [0.5, 0.6) is 5.75 Å².